The van der Waals surface area contributed by atoms with Gasteiger partial charge in [0.15, 0.2) is 0 Å². The number of carboxylic acids is 1. The van der Waals surface area contributed by atoms with Crippen LogP contribution < -0.4 is 5.32 Å². The van der Waals surface area contributed by atoms with Gasteiger partial charge >= 0.3 is 11.9 Å². The van der Waals surface area contributed by atoms with Gasteiger partial charge in [-0.3, -0.25) is 14.4 Å². The zero-order chi connectivity index (χ0) is 36.6. The second kappa shape index (κ2) is 38.4. The summed E-state index contributed by atoms with van der Waals surface area (Å²) in [4.78, 5) is 34.8. The number of carbonyl (C=O) groups is 3. The maximum Gasteiger partial charge on any atom is 0.322 e. The number of hydrogen-bond donors (Lipinski definition) is 2. The Hall–Kier alpha value is -3.41. The van der Waals surface area contributed by atoms with Crippen LogP contribution in [0.4, 0.5) is 0 Å². The highest BCUT2D eigenvalue weighted by Gasteiger charge is 2.12. The fraction of sp³-hybridized carbons (Fsp3) is 0.614. The van der Waals surface area contributed by atoms with Gasteiger partial charge in [-0.1, -0.05) is 138 Å². The summed E-state index contributed by atoms with van der Waals surface area (Å²) in [6, 6.07) is 0. The molecule has 0 radical (unpaired) electrons. The van der Waals surface area contributed by atoms with Crippen LogP contribution in [0.5, 0.6) is 0 Å². The van der Waals surface area contributed by atoms with Crippen molar-refractivity contribution in [3.8, 4) is 0 Å². The van der Waals surface area contributed by atoms with Crippen molar-refractivity contribution in [3.05, 3.63) is 85.1 Å². The van der Waals surface area contributed by atoms with Crippen molar-refractivity contribution in [2.45, 2.75) is 168 Å². The Morgan fingerprint density at radius 2 is 1.04 bits per heavy atom. The molecule has 0 heterocycles. The van der Waals surface area contributed by atoms with E-state index in [2.05, 4.69) is 104 Å². The van der Waals surface area contributed by atoms with Crippen LogP contribution in [-0.4, -0.2) is 35.6 Å². The van der Waals surface area contributed by atoms with Crippen LogP contribution in [-0.2, 0) is 19.1 Å². The Kier molecular flexibility index (Phi) is 35.8. The van der Waals surface area contributed by atoms with Gasteiger partial charge in [0.25, 0.3) is 0 Å². The molecule has 0 bridgehead atoms. The Morgan fingerprint density at radius 3 is 1.60 bits per heavy atom. The van der Waals surface area contributed by atoms with E-state index in [1.165, 1.54) is 19.3 Å². The number of aliphatic carboxylic acids is 1. The number of nitrogens with one attached hydrogen (secondary N) is 1. The zero-order valence-corrected chi connectivity index (χ0v) is 31.7. The first-order chi connectivity index (χ1) is 24.5. The molecule has 0 aromatic heterocycles. The molecule has 50 heavy (non-hydrogen) atoms. The molecule has 0 saturated carbocycles. The quantitative estimate of drug-likeness (QED) is 0.0397. The first kappa shape index (κ1) is 46.6. The molecule has 1 amide bonds. The maximum atomic E-state index is 12.6. The Bertz CT molecular complexity index is 1030. The number of hydrogen-bond acceptors (Lipinski definition) is 4. The van der Waals surface area contributed by atoms with Gasteiger partial charge in [0.1, 0.15) is 12.6 Å². The van der Waals surface area contributed by atoms with Crippen LogP contribution in [0.1, 0.15) is 162 Å². The minimum Gasteiger partial charge on any atom is -0.480 e. The van der Waals surface area contributed by atoms with Crippen LogP contribution in [0.2, 0.25) is 0 Å². The molecule has 0 aliphatic carbocycles. The smallest absolute Gasteiger partial charge is 0.322 e. The van der Waals surface area contributed by atoms with Gasteiger partial charge in [-0.15, -0.1) is 0 Å². The molecular formula is C44H71NO5. The van der Waals surface area contributed by atoms with Gasteiger partial charge in [-0.25, -0.2) is 0 Å². The lowest BCUT2D eigenvalue weighted by Crippen LogP contribution is -2.28. The highest BCUT2D eigenvalue weighted by molar-refractivity contribution is 5.80. The minimum absolute atomic E-state index is 0.113. The van der Waals surface area contributed by atoms with E-state index in [9.17, 15) is 14.4 Å². The summed E-state index contributed by atoms with van der Waals surface area (Å²) < 4.78 is 5.85. The fourth-order valence-corrected chi connectivity index (χ4v) is 5.13. The zero-order valence-electron chi connectivity index (χ0n) is 31.7. The topological polar surface area (TPSA) is 92.7 Å². The van der Waals surface area contributed by atoms with Gasteiger partial charge in [0.2, 0.25) is 5.91 Å². The number of esters is 1. The van der Waals surface area contributed by atoms with Gasteiger partial charge in [0.05, 0.1) is 0 Å². The van der Waals surface area contributed by atoms with E-state index < -0.39 is 5.97 Å². The van der Waals surface area contributed by atoms with Crippen molar-refractivity contribution in [2.24, 2.45) is 0 Å². The lowest BCUT2D eigenvalue weighted by atomic mass is 10.1. The molecule has 6 heteroatoms. The molecule has 2 N–H and O–H groups in total. The Morgan fingerprint density at radius 1 is 0.560 bits per heavy atom. The monoisotopic (exact) mass is 694 g/mol. The average molecular weight is 694 g/mol. The van der Waals surface area contributed by atoms with E-state index in [1.54, 1.807) is 0 Å². The fourth-order valence-electron chi connectivity index (χ4n) is 5.13. The molecular weight excluding hydrogens is 622 g/mol. The molecule has 0 spiro atoms. The highest BCUT2D eigenvalue weighted by Crippen LogP contribution is 2.14. The van der Waals surface area contributed by atoms with Gasteiger partial charge in [0, 0.05) is 12.8 Å². The molecule has 0 saturated heterocycles. The second-order valence-corrected chi connectivity index (χ2v) is 12.8. The molecule has 0 aromatic rings. The normalized spacial score (nSPS) is 13.0. The second-order valence-electron chi connectivity index (χ2n) is 12.8. The largest absolute Gasteiger partial charge is 0.480 e. The predicted molar refractivity (Wildman–Crippen MR) is 212 cm³/mol. The van der Waals surface area contributed by atoms with Crippen LogP contribution in [0.15, 0.2) is 85.1 Å². The lowest BCUT2D eigenvalue weighted by Gasteiger charge is -2.15. The Labute approximate surface area is 306 Å². The summed E-state index contributed by atoms with van der Waals surface area (Å²) >= 11 is 0. The van der Waals surface area contributed by atoms with Crippen molar-refractivity contribution in [2.75, 3.05) is 6.54 Å². The first-order valence-corrected chi connectivity index (χ1v) is 19.7. The van der Waals surface area contributed by atoms with Crippen LogP contribution in [0.25, 0.3) is 0 Å². The summed E-state index contributed by atoms with van der Waals surface area (Å²) in [6.07, 6.45) is 53.0. The summed E-state index contributed by atoms with van der Waals surface area (Å²) in [6.45, 7) is 4.03. The van der Waals surface area contributed by atoms with Crippen molar-refractivity contribution >= 4 is 17.8 Å². The maximum absolute atomic E-state index is 12.6. The van der Waals surface area contributed by atoms with Crippen LogP contribution in [0.3, 0.4) is 0 Å². The summed E-state index contributed by atoms with van der Waals surface area (Å²) in [5.74, 6) is -1.37. The van der Waals surface area contributed by atoms with E-state index in [1.807, 2.05) is 0 Å². The van der Waals surface area contributed by atoms with E-state index in [4.69, 9.17) is 9.84 Å². The van der Waals surface area contributed by atoms with Crippen LogP contribution in [0, 0.1) is 0 Å². The molecule has 0 aromatic carbocycles. The number of unbranched alkanes of at least 4 members (excludes halogenated alkanes) is 11. The molecule has 0 aliphatic heterocycles. The summed E-state index contributed by atoms with van der Waals surface area (Å²) in [5.41, 5.74) is 0. The van der Waals surface area contributed by atoms with E-state index in [0.29, 0.717) is 12.8 Å². The number of rotatable bonds is 34. The van der Waals surface area contributed by atoms with Gasteiger partial charge in [-0.05, 0) is 96.0 Å². The molecule has 1 unspecified atom stereocenters. The lowest BCUT2D eigenvalue weighted by molar-refractivity contribution is -0.147. The molecule has 0 aliphatic rings. The standard InChI is InChI=1S/C44H71NO5/c1-3-5-7-9-11-12-13-14-15-16-17-18-19-20-21-22-23-24-25-26-27-29-35-39-44(49)50-41(36-32-28-10-8-6-4-2)37-33-30-31-34-38-42(46)45-40-43(47)48/h5,7,11-12,14-15,17-18,20-21,23-24,32,36,41H,3-4,6,8-10,13,16,19,22,25-31,33-35,37-40H2,1-2H3,(H,45,46)(H,47,48)/b7-5-,12-11-,15-14-,18-17-,21-20-,24-23-,36-32-. The number of carboxylic acid groups (broad SMARTS) is 1. The van der Waals surface area contributed by atoms with Gasteiger partial charge < -0.3 is 15.2 Å². The molecule has 282 valence electrons. The van der Waals surface area contributed by atoms with Crippen LogP contribution >= 0.6 is 0 Å². The molecule has 1 atom stereocenters. The number of carbonyl (C=O) groups excluding carboxylic acids is 2. The molecule has 6 nitrogen and oxygen atoms in total. The molecule has 0 fully saturated rings. The highest BCUT2D eigenvalue weighted by atomic mass is 16.5. The summed E-state index contributed by atoms with van der Waals surface area (Å²) in [7, 11) is 0. The average Bonchev–Trinajstić information content (AvgIpc) is 3.10. The third-order valence-electron chi connectivity index (χ3n) is 8.04. The SMILES string of the molecule is CC/C=C\C/C=C\C/C=C\C/C=C\C/C=C\C/C=C\CCCCCCC(=O)OC(/C=C\CCCCCC)CCCCCCC(=O)NCC(=O)O. The third kappa shape index (κ3) is 37.4. The third-order valence-corrected chi connectivity index (χ3v) is 8.04. The number of allylic oxidation sites excluding steroid dienone is 13. The molecule has 0 rings (SSSR count). The van der Waals surface area contributed by atoms with Crippen molar-refractivity contribution in [1.82, 2.24) is 5.32 Å². The first-order valence-electron chi connectivity index (χ1n) is 19.7. The number of ether oxygens (including phenoxy) is 1. The van der Waals surface area contributed by atoms with Crippen molar-refractivity contribution < 1.29 is 24.2 Å². The predicted octanol–water partition coefficient (Wildman–Crippen LogP) is 12.0. The Balaban J connectivity index is 4.06. The van der Waals surface area contributed by atoms with Crippen molar-refractivity contribution in [3.63, 3.8) is 0 Å². The number of amides is 1. The van der Waals surface area contributed by atoms with E-state index in [-0.39, 0.29) is 24.5 Å². The van der Waals surface area contributed by atoms with Gasteiger partial charge in [-0.2, -0.15) is 0 Å². The van der Waals surface area contributed by atoms with E-state index in [0.717, 1.165) is 116 Å². The summed E-state index contributed by atoms with van der Waals surface area (Å²) in [5, 5.41) is 11.0. The minimum atomic E-state index is -1.03. The van der Waals surface area contributed by atoms with E-state index >= 15 is 0 Å². The van der Waals surface area contributed by atoms with Crippen molar-refractivity contribution in [1.29, 1.82) is 0 Å².